The first kappa shape index (κ1) is 14.6. The minimum atomic E-state index is -5.00. The lowest BCUT2D eigenvalue weighted by Gasteiger charge is -2.20. The Morgan fingerprint density at radius 3 is 2.00 bits per heavy atom. The molecule has 0 fully saturated rings. The molecule has 0 spiro atoms. The fraction of sp³-hybridized carbons (Fsp3) is 0.714. The lowest BCUT2D eigenvalue weighted by atomic mass is 10.1. The van der Waals surface area contributed by atoms with Gasteiger partial charge in [-0.25, -0.2) is 13.6 Å². The van der Waals surface area contributed by atoms with Crippen LogP contribution < -0.4 is 5.32 Å². The Kier molecular flexibility index (Phi) is 4.66. The first-order chi connectivity index (χ1) is 7.10. The summed E-state index contributed by atoms with van der Waals surface area (Å²) in [6.45, 7) is 0.902. The quantitative estimate of drug-likeness (QED) is 0.589. The molecule has 5 nitrogen and oxygen atoms in total. The predicted octanol–water partition coefficient (Wildman–Crippen LogP) is -0.163. The van der Waals surface area contributed by atoms with Crippen LogP contribution >= 0.6 is 0 Å². The average molecular weight is 247 g/mol. The molecule has 0 saturated carbocycles. The molecule has 1 amide bonds. The third-order valence-corrected chi connectivity index (χ3v) is 1.61. The molecule has 0 radical (unpaired) electrons. The van der Waals surface area contributed by atoms with E-state index in [0.29, 0.717) is 0 Å². The Labute approximate surface area is 87.1 Å². The van der Waals surface area contributed by atoms with Crippen LogP contribution in [0.15, 0.2) is 0 Å². The number of aliphatic hydroxyl groups excluding tert-OH is 1. The van der Waals surface area contributed by atoms with E-state index in [1.165, 1.54) is 0 Å². The van der Waals surface area contributed by atoms with Crippen LogP contribution in [0.25, 0.3) is 0 Å². The van der Waals surface area contributed by atoms with E-state index in [9.17, 15) is 27.2 Å². The van der Waals surface area contributed by atoms with Gasteiger partial charge >= 0.3 is 18.3 Å². The van der Waals surface area contributed by atoms with Crippen LogP contribution in [0.1, 0.15) is 6.92 Å². The minimum absolute atomic E-state index is 0.902. The number of rotatable bonds is 5. The van der Waals surface area contributed by atoms with E-state index in [0.717, 1.165) is 12.2 Å². The maximum atomic E-state index is 12.4. The highest BCUT2D eigenvalue weighted by Gasteiger charge is 2.50. The van der Waals surface area contributed by atoms with Gasteiger partial charge in [0.2, 0.25) is 0 Å². The molecule has 0 bridgehead atoms. The lowest BCUT2D eigenvalue weighted by molar-refractivity contribution is -0.172. The number of hydrogen-bond donors (Lipinski definition) is 3. The molecule has 16 heavy (non-hydrogen) atoms. The van der Waals surface area contributed by atoms with Gasteiger partial charge in [0.1, 0.15) is 0 Å². The number of nitrogens with one attached hydrogen (secondary N) is 1. The van der Waals surface area contributed by atoms with E-state index in [1.54, 1.807) is 0 Å². The fourth-order valence-electron chi connectivity index (χ4n) is 0.725. The molecule has 0 aromatic heterocycles. The topological polar surface area (TPSA) is 86.6 Å². The number of carboxylic acids is 1. The molecular weight excluding hydrogens is 238 g/mol. The predicted molar refractivity (Wildman–Crippen MR) is 42.2 cm³/mol. The zero-order valence-electron chi connectivity index (χ0n) is 7.95. The normalized spacial score (nSPS) is 15.7. The molecule has 94 valence electrons. The summed E-state index contributed by atoms with van der Waals surface area (Å²) in [6.07, 6.45) is -5.95. The van der Waals surface area contributed by atoms with E-state index in [2.05, 4.69) is 0 Å². The highest BCUT2D eigenvalue weighted by Crippen LogP contribution is 2.23. The van der Waals surface area contributed by atoms with E-state index in [-0.39, 0.29) is 0 Å². The Morgan fingerprint density at radius 2 is 1.75 bits per heavy atom. The summed E-state index contributed by atoms with van der Waals surface area (Å²) in [6, 6.07) is -2.07. The number of aliphatic hydroxyl groups is 1. The van der Waals surface area contributed by atoms with E-state index < -0.39 is 36.4 Å². The van der Waals surface area contributed by atoms with Crippen LogP contribution in [0.5, 0.6) is 0 Å². The molecule has 0 aliphatic carbocycles. The molecule has 2 unspecified atom stereocenters. The first-order valence-electron chi connectivity index (χ1n) is 3.98. The van der Waals surface area contributed by atoms with Crippen LogP contribution in [-0.2, 0) is 9.59 Å². The van der Waals surface area contributed by atoms with Gasteiger partial charge < -0.3 is 15.5 Å². The molecule has 0 saturated heterocycles. The highest BCUT2D eigenvalue weighted by atomic mass is 19.3. The van der Waals surface area contributed by atoms with Gasteiger partial charge in [-0.05, 0) is 6.92 Å². The van der Waals surface area contributed by atoms with E-state index in [4.69, 9.17) is 10.2 Å². The Hall–Kier alpha value is -1.38. The number of carbonyl (C=O) groups is 2. The third-order valence-electron chi connectivity index (χ3n) is 1.61. The molecule has 0 heterocycles. The van der Waals surface area contributed by atoms with Gasteiger partial charge in [-0.1, -0.05) is 0 Å². The van der Waals surface area contributed by atoms with Crippen molar-refractivity contribution in [1.29, 1.82) is 0 Å². The Morgan fingerprint density at radius 1 is 1.31 bits per heavy atom. The number of carbonyl (C=O) groups excluding carboxylic acids is 1. The zero-order valence-corrected chi connectivity index (χ0v) is 7.95. The number of amides is 1. The maximum Gasteiger partial charge on any atom is 0.383 e. The second-order valence-corrected chi connectivity index (χ2v) is 2.95. The molecule has 9 heteroatoms. The summed E-state index contributed by atoms with van der Waals surface area (Å²) in [7, 11) is 0. The second-order valence-electron chi connectivity index (χ2n) is 2.95. The van der Waals surface area contributed by atoms with Gasteiger partial charge in [0.25, 0.3) is 5.91 Å². The molecule has 0 rings (SSSR count). The van der Waals surface area contributed by atoms with E-state index >= 15 is 0 Å². The van der Waals surface area contributed by atoms with Gasteiger partial charge in [0.15, 0.2) is 6.04 Å². The van der Waals surface area contributed by atoms with Crippen molar-refractivity contribution in [2.45, 2.75) is 31.4 Å². The molecular formula is C7H9F4NO4. The summed E-state index contributed by atoms with van der Waals surface area (Å²) in [4.78, 5) is 21.0. The van der Waals surface area contributed by atoms with Crippen LogP contribution in [-0.4, -0.2) is 46.6 Å². The van der Waals surface area contributed by atoms with Crippen molar-refractivity contribution in [2.24, 2.45) is 0 Å². The number of halogens is 4. The summed E-state index contributed by atoms with van der Waals surface area (Å²) >= 11 is 0. The average Bonchev–Trinajstić information content (AvgIpc) is 2.11. The molecule has 0 aromatic carbocycles. The smallest absolute Gasteiger partial charge is 0.383 e. The van der Waals surface area contributed by atoms with Crippen molar-refractivity contribution in [3.8, 4) is 0 Å². The molecule has 0 aliphatic rings. The third kappa shape index (κ3) is 3.33. The van der Waals surface area contributed by atoms with Crippen molar-refractivity contribution in [3.63, 3.8) is 0 Å². The molecule has 3 N–H and O–H groups in total. The summed E-state index contributed by atoms with van der Waals surface area (Å²) < 4.78 is 48.2. The fourth-order valence-corrected chi connectivity index (χ4v) is 0.725. The second kappa shape index (κ2) is 5.10. The summed E-state index contributed by atoms with van der Waals surface area (Å²) in [5.41, 5.74) is 0. The molecule has 0 aromatic rings. The van der Waals surface area contributed by atoms with Crippen LogP contribution in [0.4, 0.5) is 17.6 Å². The van der Waals surface area contributed by atoms with Gasteiger partial charge in [-0.15, -0.1) is 0 Å². The molecule has 2 atom stereocenters. The van der Waals surface area contributed by atoms with Crippen molar-refractivity contribution >= 4 is 11.9 Å². The summed E-state index contributed by atoms with van der Waals surface area (Å²) in [5, 5.41) is 18.3. The van der Waals surface area contributed by atoms with Gasteiger partial charge in [0, 0.05) is 0 Å². The van der Waals surface area contributed by atoms with Crippen molar-refractivity contribution in [1.82, 2.24) is 5.32 Å². The highest BCUT2D eigenvalue weighted by molar-refractivity contribution is 5.88. The number of carboxylic acid groups (broad SMARTS) is 1. The van der Waals surface area contributed by atoms with Crippen LogP contribution in [0.2, 0.25) is 0 Å². The standard InChI is InChI=1S/C7H9F4NO4/c1-2(13)3(4(14)15)12-6(16)7(10,11)5(8)9/h2-3,5,13H,1H3,(H,12,16)(H,14,15). The van der Waals surface area contributed by atoms with Crippen LogP contribution in [0.3, 0.4) is 0 Å². The van der Waals surface area contributed by atoms with Gasteiger partial charge in [-0.2, -0.15) is 8.78 Å². The number of hydrogen-bond acceptors (Lipinski definition) is 3. The molecule has 0 aliphatic heterocycles. The monoisotopic (exact) mass is 247 g/mol. The van der Waals surface area contributed by atoms with Crippen molar-refractivity contribution in [3.05, 3.63) is 0 Å². The number of aliphatic carboxylic acids is 1. The zero-order chi connectivity index (χ0) is 13.1. The SMILES string of the molecule is CC(O)C(NC(=O)C(F)(F)C(F)F)C(=O)O. The maximum absolute atomic E-state index is 12.4. The first-order valence-corrected chi connectivity index (χ1v) is 3.98. The Balaban J connectivity index is 4.72. The van der Waals surface area contributed by atoms with Crippen molar-refractivity contribution < 1.29 is 37.4 Å². The lowest BCUT2D eigenvalue weighted by Crippen LogP contribution is -2.54. The van der Waals surface area contributed by atoms with E-state index in [1.807, 2.05) is 0 Å². The largest absolute Gasteiger partial charge is 0.480 e. The van der Waals surface area contributed by atoms with Gasteiger partial charge in [0.05, 0.1) is 6.10 Å². The Bertz CT molecular complexity index is 282. The van der Waals surface area contributed by atoms with Crippen molar-refractivity contribution in [2.75, 3.05) is 0 Å². The van der Waals surface area contributed by atoms with Crippen LogP contribution in [0, 0.1) is 0 Å². The van der Waals surface area contributed by atoms with Gasteiger partial charge in [-0.3, -0.25) is 4.79 Å². The summed E-state index contributed by atoms with van der Waals surface area (Å²) in [5.74, 6) is -9.26. The number of alkyl halides is 4. The minimum Gasteiger partial charge on any atom is -0.480 e.